The summed E-state index contributed by atoms with van der Waals surface area (Å²) in [7, 11) is 0. The zero-order valence-corrected chi connectivity index (χ0v) is 9.81. The maximum Gasteiger partial charge on any atom is 0.417 e. The molecule has 1 heterocycles. The lowest BCUT2D eigenvalue weighted by Crippen LogP contribution is -2.15. The van der Waals surface area contributed by atoms with Crippen molar-refractivity contribution >= 4 is 22.6 Å². The Bertz CT molecular complexity index is 391. The molecule has 16 heavy (non-hydrogen) atoms. The molecule has 0 bridgehead atoms. The van der Waals surface area contributed by atoms with E-state index in [-0.39, 0.29) is 15.9 Å². The maximum atomic E-state index is 12.5. The van der Waals surface area contributed by atoms with Gasteiger partial charge in [-0.05, 0) is 28.7 Å². The summed E-state index contributed by atoms with van der Waals surface area (Å²) in [5.41, 5.74) is 2.60. The molecular weight excluding hydrogens is 346 g/mol. The highest BCUT2D eigenvalue weighted by Crippen LogP contribution is 2.38. The minimum atomic E-state index is -4.83. The van der Waals surface area contributed by atoms with Gasteiger partial charge in [0.2, 0.25) is 0 Å². The number of nitrogens with zero attached hydrogens (tertiary/aromatic N) is 1. The van der Waals surface area contributed by atoms with E-state index in [1.807, 2.05) is 0 Å². The average molecular weight is 352 g/mol. The third kappa shape index (κ3) is 2.78. The van der Waals surface area contributed by atoms with Crippen molar-refractivity contribution in [2.45, 2.75) is 19.1 Å². The lowest BCUT2D eigenvalue weighted by molar-refractivity contribution is -0.139. The van der Waals surface area contributed by atoms with Gasteiger partial charge in [-0.1, -0.05) is 0 Å². The normalized spacial score (nSPS) is 12.2. The number of hydrogen-bond donors (Lipinski definition) is 1. The summed E-state index contributed by atoms with van der Waals surface area (Å²) >= 11 is 1.34. The van der Waals surface area contributed by atoms with E-state index >= 15 is 0 Å². The van der Waals surface area contributed by atoms with Gasteiger partial charge in [0.1, 0.15) is 3.70 Å². The van der Waals surface area contributed by atoms with Gasteiger partial charge in [0.05, 0.1) is 16.8 Å². The fraction of sp³-hybridized carbons (Fsp3) is 0.375. The van der Waals surface area contributed by atoms with Crippen molar-refractivity contribution < 1.29 is 22.0 Å². The number of nitrogens with two attached hydrogens (primary N) is 1. The second kappa shape index (κ2) is 4.78. The van der Waals surface area contributed by atoms with Crippen molar-refractivity contribution in [2.75, 3.05) is 0 Å². The highest BCUT2D eigenvalue weighted by Gasteiger charge is 2.37. The zero-order chi connectivity index (χ0) is 12.5. The molecule has 1 rings (SSSR count). The van der Waals surface area contributed by atoms with Crippen molar-refractivity contribution in [1.82, 2.24) is 4.98 Å². The Morgan fingerprint density at radius 1 is 1.38 bits per heavy atom. The van der Waals surface area contributed by atoms with Gasteiger partial charge in [-0.15, -0.1) is 0 Å². The summed E-state index contributed by atoms with van der Waals surface area (Å²) in [4.78, 5) is 3.57. The van der Waals surface area contributed by atoms with Gasteiger partial charge in [0, 0.05) is 6.54 Å². The van der Waals surface area contributed by atoms with Crippen molar-refractivity contribution in [3.63, 3.8) is 0 Å². The SMILES string of the molecule is NCc1cc(C(F)(F)F)c(C(F)F)c(I)n1. The molecule has 0 aliphatic rings. The summed E-state index contributed by atoms with van der Waals surface area (Å²) in [5, 5.41) is 0. The Morgan fingerprint density at radius 3 is 2.31 bits per heavy atom. The third-order valence-electron chi connectivity index (χ3n) is 1.80. The maximum absolute atomic E-state index is 12.5. The molecule has 0 fully saturated rings. The summed E-state index contributed by atoms with van der Waals surface area (Å²) < 4.78 is 62.1. The minimum Gasteiger partial charge on any atom is -0.325 e. The Kier molecular flexibility index (Phi) is 4.05. The van der Waals surface area contributed by atoms with Crippen molar-refractivity contribution in [3.8, 4) is 0 Å². The molecule has 8 heteroatoms. The monoisotopic (exact) mass is 352 g/mol. The second-order valence-corrected chi connectivity index (χ2v) is 3.89. The van der Waals surface area contributed by atoms with Crippen LogP contribution in [0.4, 0.5) is 22.0 Å². The first-order valence-corrected chi connectivity index (χ1v) is 5.10. The molecule has 0 radical (unpaired) electrons. The van der Waals surface area contributed by atoms with Crippen LogP contribution in [-0.2, 0) is 12.7 Å². The van der Waals surface area contributed by atoms with Crippen molar-refractivity contribution in [1.29, 1.82) is 0 Å². The molecule has 0 amide bonds. The lowest BCUT2D eigenvalue weighted by atomic mass is 10.1. The molecule has 0 unspecified atom stereocenters. The highest BCUT2D eigenvalue weighted by atomic mass is 127. The molecule has 0 aliphatic heterocycles. The van der Waals surface area contributed by atoms with E-state index in [9.17, 15) is 22.0 Å². The quantitative estimate of drug-likeness (QED) is 0.505. The molecule has 2 N–H and O–H groups in total. The number of pyridine rings is 1. The van der Waals surface area contributed by atoms with Crippen LogP contribution in [0.25, 0.3) is 0 Å². The summed E-state index contributed by atoms with van der Waals surface area (Å²) in [6.07, 6.45) is -8.05. The minimum absolute atomic E-state index is 0.0684. The molecule has 1 aromatic heterocycles. The van der Waals surface area contributed by atoms with E-state index in [1.54, 1.807) is 0 Å². The van der Waals surface area contributed by atoms with Gasteiger partial charge in [-0.25, -0.2) is 13.8 Å². The molecule has 0 saturated heterocycles. The van der Waals surface area contributed by atoms with Gasteiger partial charge < -0.3 is 5.73 Å². The van der Waals surface area contributed by atoms with Crippen molar-refractivity contribution in [2.24, 2.45) is 5.73 Å². The lowest BCUT2D eigenvalue weighted by Gasteiger charge is -2.14. The number of hydrogen-bond acceptors (Lipinski definition) is 2. The zero-order valence-electron chi connectivity index (χ0n) is 7.65. The molecule has 2 nitrogen and oxygen atoms in total. The predicted octanol–water partition coefficient (Wildman–Crippen LogP) is 3.10. The van der Waals surface area contributed by atoms with Crippen LogP contribution in [-0.4, -0.2) is 4.98 Å². The summed E-state index contributed by atoms with van der Waals surface area (Å²) in [6, 6.07) is 0.559. The van der Waals surface area contributed by atoms with Crippen molar-refractivity contribution in [3.05, 3.63) is 26.6 Å². The van der Waals surface area contributed by atoms with Crippen LogP contribution in [0.3, 0.4) is 0 Å². The van der Waals surface area contributed by atoms with Gasteiger partial charge in [-0.2, -0.15) is 13.2 Å². The smallest absolute Gasteiger partial charge is 0.325 e. The molecule has 0 aromatic carbocycles. The number of rotatable bonds is 2. The first kappa shape index (κ1) is 13.6. The molecule has 90 valence electrons. The predicted molar refractivity (Wildman–Crippen MR) is 54.8 cm³/mol. The first-order valence-electron chi connectivity index (χ1n) is 4.02. The van der Waals surface area contributed by atoms with Gasteiger partial charge in [0.25, 0.3) is 6.43 Å². The molecule has 0 saturated carbocycles. The second-order valence-electron chi connectivity index (χ2n) is 2.87. The summed E-state index contributed by atoms with van der Waals surface area (Å²) in [6.45, 7) is -0.234. The number of aromatic nitrogens is 1. The fourth-order valence-electron chi connectivity index (χ4n) is 1.12. The molecular formula is C8H6F5IN2. The van der Waals surface area contributed by atoms with Crippen LogP contribution < -0.4 is 5.73 Å². The van der Waals surface area contributed by atoms with Crippen LogP contribution in [0.2, 0.25) is 0 Å². The van der Waals surface area contributed by atoms with Gasteiger partial charge >= 0.3 is 6.18 Å². The van der Waals surface area contributed by atoms with Crippen LogP contribution in [0.5, 0.6) is 0 Å². The Labute approximate surface area is 101 Å². The van der Waals surface area contributed by atoms with E-state index in [1.165, 1.54) is 22.6 Å². The molecule has 0 spiro atoms. The highest BCUT2D eigenvalue weighted by molar-refractivity contribution is 14.1. The topological polar surface area (TPSA) is 38.9 Å². The largest absolute Gasteiger partial charge is 0.417 e. The standard InChI is InChI=1S/C8H6F5IN2/c9-6(10)5-4(8(11,12)13)1-3(2-15)16-7(5)14/h1,6H,2,15H2. The van der Waals surface area contributed by atoms with Gasteiger partial charge in [0.15, 0.2) is 0 Å². The number of halogens is 6. The summed E-state index contributed by atoms with van der Waals surface area (Å²) in [5.74, 6) is 0. The Morgan fingerprint density at radius 2 is 1.94 bits per heavy atom. The Hall–Kier alpha value is -0.510. The van der Waals surface area contributed by atoms with Crippen LogP contribution in [0, 0.1) is 3.70 Å². The van der Waals surface area contributed by atoms with E-state index < -0.39 is 23.7 Å². The van der Waals surface area contributed by atoms with E-state index in [2.05, 4.69) is 4.98 Å². The molecule has 1 aromatic rings. The molecule has 0 aliphatic carbocycles. The number of alkyl halides is 5. The Balaban J connectivity index is 3.47. The van der Waals surface area contributed by atoms with E-state index in [0.717, 1.165) is 0 Å². The molecule has 0 atom stereocenters. The van der Waals surface area contributed by atoms with Crippen LogP contribution >= 0.6 is 22.6 Å². The first-order chi connectivity index (χ1) is 7.27. The van der Waals surface area contributed by atoms with E-state index in [0.29, 0.717) is 6.07 Å². The van der Waals surface area contributed by atoms with Gasteiger partial charge in [-0.3, -0.25) is 0 Å². The fourth-order valence-corrected chi connectivity index (χ4v) is 1.96. The van der Waals surface area contributed by atoms with Crippen LogP contribution in [0.15, 0.2) is 6.07 Å². The average Bonchev–Trinajstić information content (AvgIpc) is 2.14. The van der Waals surface area contributed by atoms with Crippen LogP contribution in [0.1, 0.15) is 23.2 Å². The third-order valence-corrected chi connectivity index (χ3v) is 2.62. The van der Waals surface area contributed by atoms with E-state index in [4.69, 9.17) is 5.73 Å².